The molecule has 3 aliphatic rings. The molecule has 8 heteroatoms. The van der Waals surface area contributed by atoms with Gasteiger partial charge in [-0.25, -0.2) is 13.7 Å². The van der Waals surface area contributed by atoms with E-state index >= 15 is 0 Å². The fourth-order valence-electron chi connectivity index (χ4n) is 4.63. The van der Waals surface area contributed by atoms with Gasteiger partial charge in [-0.15, -0.1) is 0 Å². The highest BCUT2D eigenvalue weighted by Gasteiger charge is 2.32. The molecule has 1 aliphatic heterocycles. The number of likely N-dealkylation sites (N-methyl/N-ethyl adjacent to an activating group) is 1. The summed E-state index contributed by atoms with van der Waals surface area (Å²) < 4.78 is 19.2. The molecule has 2 atom stereocenters. The number of hydrogen-bond donors (Lipinski definition) is 2. The fraction of sp³-hybridized carbons (Fsp3) is 0.455. The number of nitrogens with one attached hydrogen (secondary N) is 2. The molecule has 0 radical (unpaired) electrons. The number of hydrogen-bond acceptors (Lipinski definition) is 5. The van der Waals surface area contributed by atoms with Gasteiger partial charge in [-0.2, -0.15) is 5.26 Å². The zero-order valence-corrected chi connectivity index (χ0v) is 18.2. The summed E-state index contributed by atoms with van der Waals surface area (Å²) in [7, 11) is -1.35. The number of allylic oxidation sites excluding steroid dienone is 1. The molecule has 2 aliphatic carbocycles. The van der Waals surface area contributed by atoms with Gasteiger partial charge < -0.3 is 5.32 Å². The number of benzene rings is 1. The zero-order chi connectivity index (χ0) is 21.4. The monoisotopic (exact) mass is 425 g/mol. The first-order valence-electron chi connectivity index (χ1n) is 10.3. The molecule has 0 spiro atoms. The number of anilines is 1. The Bertz CT molecular complexity index is 1100. The highest BCUT2D eigenvalue weighted by Crippen LogP contribution is 2.37. The van der Waals surface area contributed by atoms with Crippen molar-refractivity contribution in [2.45, 2.75) is 51.0 Å². The van der Waals surface area contributed by atoms with Crippen LogP contribution in [0.3, 0.4) is 0 Å². The largest absolute Gasteiger partial charge is 0.331 e. The van der Waals surface area contributed by atoms with Crippen LogP contribution in [0.2, 0.25) is 0 Å². The molecular weight excluding hydrogens is 398 g/mol. The van der Waals surface area contributed by atoms with Crippen LogP contribution < -0.4 is 10.0 Å². The average molecular weight is 426 g/mol. The normalized spacial score (nSPS) is 24.3. The third kappa shape index (κ3) is 3.87. The molecule has 2 N–H and O–H groups in total. The van der Waals surface area contributed by atoms with Gasteiger partial charge in [-0.05, 0) is 81.3 Å². The second kappa shape index (κ2) is 7.89. The van der Waals surface area contributed by atoms with Crippen molar-refractivity contribution in [2.24, 2.45) is 4.36 Å². The Hall–Kier alpha value is -2.63. The number of nitrogens with zero attached hydrogens (tertiary/aromatic N) is 3. The van der Waals surface area contributed by atoms with Gasteiger partial charge in [0.05, 0.1) is 0 Å². The summed E-state index contributed by atoms with van der Waals surface area (Å²) in [6, 6.07) is 1.60. The third-order valence-corrected chi connectivity index (χ3v) is 7.81. The van der Waals surface area contributed by atoms with Gasteiger partial charge >= 0.3 is 6.03 Å². The minimum absolute atomic E-state index is 0.265. The summed E-state index contributed by atoms with van der Waals surface area (Å²) in [4.78, 5) is 15.0. The average Bonchev–Trinajstić information content (AvgIpc) is 3.41. The lowest BCUT2D eigenvalue weighted by Gasteiger charge is -2.28. The number of amides is 2. The Morgan fingerprint density at radius 1 is 1.37 bits per heavy atom. The minimum atomic E-state index is -3.36. The molecular formula is C22H27N5O2S. The molecule has 1 heterocycles. The van der Waals surface area contributed by atoms with Crippen molar-refractivity contribution in [2.75, 3.05) is 18.9 Å². The van der Waals surface area contributed by atoms with E-state index in [1.165, 1.54) is 11.0 Å². The molecule has 1 unspecified atom stereocenters. The molecule has 7 nitrogen and oxygen atoms in total. The number of likely N-dealkylation sites (tertiary alicyclic amines) is 1. The predicted molar refractivity (Wildman–Crippen MR) is 119 cm³/mol. The Balaban J connectivity index is 1.57. The molecule has 1 aromatic carbocycles. The molecule has 1 saturated heterocycles. The maximum absolute atomic E-state index is 13.2. The second-order valence-corrected chi connectivity index (χ2v) is 10.2. The molecule has 0 aromatic heterocycles. The number of urea groups is 1. The van der Waals surface area contributed by atoms with Crippen LogP contribution >= 0.6 is 0 Å². The van der Waals surface area contributed by atoms with E-state index < -0.39 is 15.9 Å². The molecule has 158 valence electrons. The van der Waals surface area contributed by atoms with Gasteiger partial charge in [0.25, 0.3) is 0 Å². The number of nitriles is 1. The van der Waals surface area contributed by atoms with Crippen LogP contribution in [-0.2, 0) is 29.2 Å². The lowest BCUT2D eigenvalue weighted by molar-refractivity contribution is 0.251. The maximum atomic E-state index is 13.2. The van der Waals surface area contributed by atoms with Crippen LogP contribution in [-0.4, -0.2) is 34.3 Å². The lowest BCUT2D eigenvalue weighted by Crippen LogP contribution is -2.37. The Morgan fingerprint density at radius 3 is 2.93 bits per heavy atom. The summed E-state index contributed by atoms with van der Waals surface area (Å²) in [6.07, 6.45) is 13.3. The van der Waals surface area contributed by atoms with E-state index in [0.717, 1.165) is 67.4 Å². The number of aryl methyl sites for hydroxylation is 1. The molecule has 2 amide bonds. The highest BCUT2D eigenvalue weighted by molar-refractivity contribution is 7.95. The van der Waals surface area contributed by atoms with E-state index in [4.69, 9.17) is 5.26 Å². The standard InChI is InChI=1S/C22H27N5O2S/c1-22(10-5-12-27(22)2)11-13-30(29,24-15-23)26-21(28)25-20-18-8-3-6-16(18)14-17-7-4-9-19(17)20/h3,6,11,13-14H,4-5,7-10,12H2,1-2H3,(H2,24,25,26,28,29)/b13-11+/t22-,30?/m1/s1. The van der Waals surface area contributed by atoms with Crippen molar-refractivity contribution in [1.82, 2.24) is 9.62 Å². The second-order valence-electron chi connectivity index (χ2n) is 8.42. The summed E-state index contributed by atoms with van der Waals surface area (Å²) in [5, 5.41) is 13.3. The summed E-state index contributed by atoms with van der Waals surface area (Å²) >= 11 is 0. The van der Waals surface area contributed by atoms with Crippen molar-refractivity contribution in [3.05, 3.63) is 45.9 Å². The predicted octanol–water partition coefficient (Wildman–Crippen LogP) is 3.73. The molecule has 0 saturated carbocycles. The van der Waals surface area contributed by atoms with Gasteiger partial charge in [0.2, 0.25) is 6.19 Å². The van der Waals surface area contributed by atoms with Crippen molar-refractivity contribution in [3.8, 4) is 6.19 Å². The van der Waals surface area contributed by atoms with Gasteiger partial charge in [-0.3, -0.25) is 4.90 Å². The van der Waals surface area contributed by atoms with Crippen molar-refractivity contribution in [3.63, 3.8) is 0 Å². The summed E-state index contributed by atoms with van der Waals surface area (Å²) in [5.41, 5.74) is 5.18. The van der Waals surface area contributed by atoms with E-state index in [1.54, 1.807) is 12.3 Å². The van der Waals surface area contributed by atoms with E-state index in [2.05, 4.69) is 37.5 Å². The molecule has 0 bridgehead atoms. The van der Waals surface area contributed by atoms with Crippen LogP contribution in [0.5, 0.6) is 0 Å². The van der Waals surface area contributed by atoms with Gasteiger partial charge in [-0.1, -0.05) is 28.7 Å². The number of carbonyl (C=O) groups excluding carboxylic acids is 1. The SMILES string of the molecule is CN1CCC[C@]1(C)/C=C/S(=O)(=NC#N)NC(=O)Nc1c2c(cc3c1CCC3)C=CC2. The van der Waals surface area contributed by atoms with Gasteiger partial charge in [0.15, 0.2) is 9.92 Å². The first-order valence-corrected chi connectivity index (χ1v) is 11.9. The van der Waals surface area contributed by atoms with Gasteiger partial charge in [0, 0.05) is 16.6 Å². The third-order valence-electron chi connectivity index (χ3n) is 6.48. The van der Waals surface area contributed by atoms with Crippen molar-refractivity contribution in [1.29, 1.82) is 5.26 Å². The fourth-order valence-corrected chi connectivity index (χ4v) is 5.72. The van der Waals surface area contributed by atoms with Crippen LogP contribution in [0.15, 0.2) is 28.0 Å². The Kier molecular flexibility index (Phi) is 5.43. The molecule has 4 rings (SSSR count). The van der Waals surface area contributed by atoms with Crippen LogP contribution in [0.1, 0.15) is 48.4 Å². The first-order chi connectivity index (χ1) is 14.3. The quantitative estimate of drug-likeness (QED) is 0.718. The van der Waals surface area contributed by atoms with Gasteiger partial charge in [0.1, 0.15) is 0 Å². The van der Waals surface area contributed by atoms with E-state index in [1.807, 2.05) is 14.0 Å². The minimum Gasteiger partial charge on any atom is -0.307 e. The number of fused-ring (bicyclic) bond motifs is 2. The van der Waals surface area contributed by atoms with E-state index in [9.17, 15) is 9.00 Å². The smallest absolute Gasteiger partial charge is 0.307 e. The molecule has 1 fully saturated rings. The topological polar surface area (TPSA) is 97.6 Å². The molecule has 1 aromatic rings. The lowest BCUT2D eigenvalue weighted by atomic mass is 9.98. The summed E-state index contributed by atoms with van der Waals surface area (Å²) in [6.45, 7) is 3.00. The zero-order valence-electron chi connectivity index (χ0n) is 17.4. The van der Waals surface area contributed by atoms with E-state index in [-0.39, 0.29) is 5.54 Å². The Morgan fingerprint density at radius 2 is 2.20 bits per heavy atom. The summed E-state index contributed by atoms with van der Waals surface area (Å²) in [5.74, 6) is 0. The van der Waals surface area contributed by atoms with Crippen molar-refractivity contribution >= 4 is 27.7 Å². The van der Waals surface area contributed by atoms with Crippen LogP contribution in [0.4, 0.5) is 10.5 Å². The number of rotatable bonds is 4. The molecule has 30 heavy (non-hydrogen) atoms. The van der Waals surface area contributed by atoms with Crippen molar-refractivity contribution < 1.29 is 9.00 Å². The van der Waals surface area contributed by atoms with E-state index in [0.29, 0.717) is 0 Å². The Labute approximate surface area is 178 Å². The first kappa shape index (κ1) is 20.6. The highest BCUT2D eigenvalue weighted by atomic mass is 32.2. The van der Waals surface area contributed by atoms with Crippen LogP contribution in [0.25, 0.3) is 6.08 Å². The number of carbonyl (C=O) groups is 1. The van der Waals surface area contributed by atoms with Crippen LogP contribution in [0, 0.1) is 11.5 Å². The maximum Gasteiger partial charge on any atom is 0.331 e.